The maximum atomic E-state index is 14.2. The first-order chi connectivity index (χ1) is 16.3. The van der Waals surface area contributed by atoms with Crippen LogP contribution in [0.15, 0.2) is 45.8 Å². The van der Waals surface area contributed by atoms with Crippen LogP contribution >= 0.6 is 11.6 Å². The first kappa shape index (κ1) is 21.8. The number of benzene rings is 1. The van der Waals surface area contributed by atoms with E-state index >= 15 is 0 Å². The number of hydrogen-bond donors (Lipinski definition) is 2. The Labute approximate surface area is 202 Å². The van der Waals surface area contributed by atoms with Crippen molar-refractivity contribution < 1.29 is 13.9 Å². The van der Waals surface area contributed by atoms with Crippen LogP contribution in [0.2, 0.25) is 0 Å². The van der Waals surface area contributed by atoms with Crippen LogP contribution < -0.4 is 10.1 Å². The topological polar surface area (TPSA) is 81.0 Å². The normalized spacial score (nSPS) is 36.3. The number of aliphatic imine (C=N–C) groups is 1. The van der Waals surface area contributed by atoms with E-state index < -0.39 is 5.82 Å². The molecular formula is C25H27ClFN5O2. The average molecular weight is 484 g/mol. The van der Waals surface area contributed by atoms with E-state index in [2.05, 4.69) is 29.2 Å². The van der Waals surface area contributed by atoms with Crippen molar-refractivity contribution >= 4 is 29.4 Å². The lowest BCUT2D eigenvalue weighted by Crippen LogP contribution is -2.76. The number of carbonyl (C=O) groups is 1. The van der Waals surface area contributed by atoms with Gasteiger partial charge in [0.2, 0.25) is 0 Å². The number of rotatable bonds is 3. The van der Waals surface area contributed by atoms with Crippen LogP contribution in [0.3, 0.4) is 0 Å². The summed E-state index contributed by atoms with van der Waals surface area (Å²) in [7, 11) is 2.19. The molecule has 2 N–H and O–H groups in total. The highest BCUT2D eigenvalue weighted by Crippen LogP contribution is 2.67. The number of likely N-dealkylation sites (tertiary alicyclic amines) is 2. The molecule has 3 aliphatic heterocycles. The molecule has 7 nitrogen and oxygen atoms in total. The molecule has 2 saturated heterocycles. The zero-order chi connectivity index (χ0) is 23.8. The summed E-state index contributed by atoms with van der Waals surface area (Å²) in [5.74, 6) is 0.786. The second-order valence-electron chi connectivity index (χ2n) is 10.3. The summed E-state index contributed by atoms with van der Waals surface area (Å²) in [6.07, 6.45) is 6.12. The number of hydrogen-bond acceptors (Lipinski definition) is 6. The van der Waals surface area contributed by atoms with Crippen molar-refractivity contribution in [3.8, 4) is 5.75 Å². The third-order valence-corrected chi connectivity index (χ3v) is 8.49. The lowest BCUT2D eigenvalue weighted by Gasteiger charge is -2.70. The fourth-order valence-electron chi connectivity index (χ4n) is 7.10. The number of nitrogens with zero attached hydrogens (tertiary/aromatic N) is 3. The number of halogens is 2. The maximum Gasteiger partial charge on any atom is 0.258 e. The van der Waals surface area contributed by atoms with Gasteiger partial charge in [-0.2, -0.15) is 0 Å². The number of carbonyl (C=O) groups excluding carboxylic acids is 1. The molecule has 2 saturated carbocycles. The highest BCUT2D eigenvalue weighted by molar-refractivity contribution is 6.39. The number of nitrogens with one attached hydrogen (secondary N) is 2. The van der Waals surface area contributed by atoms with E-state index in [0.29, 0.717) is 51.1 Å². The molecule has 2 aliphatic carbocycles. The first-order valence-corrected chi connectivity index (χ1v) is 12.1. The largest absolute Gasteiger partial charge is 0.489 e. The van der Waals surface area contributed by atoms with Crippen LogP contribution in [-0.2, 0) is 0 Å². The van der Waals surface area contributed by atoms with E-state index in [1.54, 1.807) is 11.1 Å². The molecule has 5 aliphatic rings. The predicted octanol–water partition coefficient (Wildman–Crippen LogP) is 3.52. The molecule has 6 rings (SSSR count). The zero-order valence-electron chi connectivity index (χ0n) is 19.1. The van der Waals surface area contributed by atoms with Crippen LogP contribution in [-0.4, -0.2) is 66.0 Å². The molecule has 0 radical (unpaired) electrons. The van der Waals surface area contributed by atoms with Gasteiger partial charge >= 0.3 is 0 Å². The van der Waals surface area contributed by atoms with E-state index in [0.717, 1.165) is 12.8 Å². The van der Waals surface area contributed by atoms with Gasteiger partial charge in [-0.25, -0.2) is 9.38 Å². The van der Waals surface area contributed by atoms with E-state index in [-0.39, 0.29) is 30.9 Å². The number of ether oxygens (including phenoxy) is 1. The molecular weight excluding hydrogens is 457 g/mol. The highest BCUT2D eigenvalue weighted by atomic mass is 35.5. The van der Waals surface area contributed by atoms with Crippen LogP contribution in [0.1, 0.15) is 36.5 Å². The van der Waals surface area contributed by atoms with Crippen LogP contribution in [0.5, 0.6) is 5.75 Å². The Bertz CT molecular complexity index is 1200. The Hall–Kier alpha value is -2.71. The molecule has 0 aromatic heterocycles. The summed E-state index contributed by atoms with van der Waals surface area (Å²) in [6.45, 7) is 2.69. The van der Waals surface area contributed by atoms with E-state index in [4.69, 9.17) is 21.7 Å². The summed E-state index contributed by atoms with van der Waals surface area (Å²) in [6, 6.07) is 5.21. The minimum absolute atomic E-state index is 0.0369. The molecule has 1 aromatic carbocycles. The summed E-state index contributed by atoms with van der Waals surface area (Å²) in [5, 5.41) is 11.8. The molecule has 3 heterocycles. The molecule has 1 spiro atoms. The smallest absolute Gasteiger partial charge is 0.258 e. The SMILES string of the molecule is C[C@H]1CC23CC(Oc4cc(F)ccc4C(=O)N4CC(=N)/C(=C5/N=CC(Cl)=CN5)C4)CC2N(C)C13. The number of allylic oxidation sites excluding steroid dienone is 1. The van der Waals surface area contributed by atoms with Gasteiger partial charge in [-0.15, -0.1) is 0 Å². The van der Waals surface area contributed by atoms with E-state index in [1.807, 2.05) is 0 Å². The van der Waals surface area contributed by atoms with Gasteiger partial charge in [0.25, 0.3) is 5.91 Å². The van der Waals surface area contributed by atoms with Crippen molar-refractivity contribution in [2.45, 2.75) is 44.4 Å². The molecule has 4 fully saturated rings. The maximum absolute atomic E-state index is 14.2. The zero-order valence-corrected chi connectivity index (χ0v) is 19.9. The van der Waals surface area contributed by atoms with Crippen molar-refractivity contribution in [1.82, 2.24) is 15.1 Å². The molecule has 1 amide bonds. The Morgan fingerprint density at radius 3 is 2.91 bits per heavy atom. The van der Waals surface area contributed by atoms with E-state index in [9.17, 15) is 9.18 Å². The second kappa shape index (κ2) is 7.65. The summed E-state index contributed by atoms with van der Waals surface area (Å²) in [5.41, 5.74) is 1.59. The molecule has 0 bridgehead atoms. The molecule has 34 heavy (non-hydrogen) atoms. The molecule has 5 atom stereocenters. The van der Waals surface area contributed by atoms with Gasteiger partial charge < -0.3 is 20.4 Å². The Morgan fingerprint density at radius 1 is 1.35 bits per heavy atom. The monoisotopic (exact) mass is 483 g/mol. The van der Waals surface area contributed by atoms with Gasteiger partial charge in [-0.1, -0.05) is 18.5 Å². The molecule has 178 valence electrons. The standard InChI is InChI=1S/C25H27ClFN5O2/c1-13-7-25-8-16(6-21(25)31(2)22(13)25)34-20-5-15(27)3-4-17(20)24(33)32-11-18(19(28)12-32)23-29-9-14(26)10-30-23/h3-5,9-10,13,16,21-22,28-29H,6-8,11-12H2,1-2H3/b23-18+,28-19?/t13-,16?,21?,22?,25?/m0/s1. The third-order valence-electron chi connectivity index (χ3n) is 8.28. The summed E-state index contributed by atoms with van der Waals surface area (Å²) in [4.78, 5) is 21.7. The summed E-state index contributed by atoms with van der Waals surface area (Å²) < 4.78 is 20.5. The Balaban J connectivity index is 1.21. The van der Waals surface area contributed by atoms with Crippen molar-refractivity contribution in [2.24, 2.45) is 16.3 Å². The predicted molar refractivity (Wildman–Crippen MR) is 128 cm³/mol. The first-order valence-electron chi connectivity index (χ1n) is 11.7. The molecule has 4 unspecified atom stereocenters. The van der Waals surface area contributed by atoms with Crippen molar-refractivity contribution in [1.29, 1.82) is 5.41 Å². The van der Waals surface area contributed by atoms with Gasteiger partial charge in [-0.3, -0.25) is 9.69 Å². The summed E-state index contributed by atoms with van der Waals surface area (Å²) >= 11 is 5.90. The lowest BCUT2D eigenvalue weighted by molar-refractivity contribution is -0.210. The van der Waals surface area contributed by atoms with Crippen LogP contribution in [0.4, 0.5) is 4.39 Å². The fraction of sp³-hybridized carbons (Fsp3) is 0.480. The average Bonchev–Trinajstić information content (AvgIpc) is 3.34. The van der Waals surface area contributed by atoms with Gasteiger partial charge in [-0.05, 0) is 37.9 Å². The lowest BCUT2D eigenvalue weighted by atomic mass is 9.49. The quantitative estimate of drug-likeness (QED) is 0.689. The molecule has 9 heteroatoms. The van der Waals surface area contributed by atoms with Crippen molar-refractivity contribution in [3.05, 3.63) is 52.2 Å². The van der Waals surface area contributed by atoms with Gasteiger partial charge in [0.1, 0.15) is 23.5 Å². The van der Waals surface area contributed by atoms with Gasteiger partial charge in [0, 0.05) is 48.0 Å². The highest BCUT2D eigenvalue weighted by Gasteiger charge is 2.71. The molecule has 1 aromatic rings. The van der Waals surface area contributed by atoms with Gasteiger partial charge in [0.05, 0.1) is 29.4 Å². The second-order valence-corrected chi connectivity index (χ2v) is 10.7. The van der Waals surface area contributed by atoms with E-state index in [1.165, 1.54) is 30.8 Å². The third kappa shape index (κ3) is 3.15. The van der Waals surface area contributed by atoms with Crippen LogP contribution in [0.25, 0.3) is 0 Å². The Morgan fingerprint density at radius 2 is 2.18 bits per heavy atom. The van der Waals surface area contributed by atoms with Gasteiger partial charge in [0.15, 0.2) is 0 Å². The minimum atomic E-state index is -0.431. The Kier molecular flexibility index (Phi) is 4.90. The fourth-order valence-corrected chi connectivity index (χ4v) is 7.20. The minimum Gasteiger partial charge on any atom is -0.489 e. The van der Waals surface area contributed by atoms with Crippen molar-refractivity contribution in [2.75, 3.05) is 20.1 Å². The number of piperidine rings is 1. The number of amides is 1. The van der Waals surface area contributed by atoms with Crippen LogP contribution in [0, 0.1) is 22.6 Å². The van der Waals surface area contributed by atoms with Crippen molar-refractivity contribution in [3.63, 3.8) is 0 Å².